The molecule has 2 aromatic rings. The van der Waals surface area contributed by atoms with E-state index in [4.69, 9.17) is 27.9 Å². The predicted octanol–water partition coefficient (Wildman–Crippen LogP) is 3.77. The van der Waals surface area contributed by atoms with Gasteiger partial charge < -0.3 is 14.5 Å². The van der Waals surface area contributed by atoms with E-state index in [0.717, 1.165) is 6.07 Å². The van der Waals surface area contributed by atoms with Crippen LogP contribution in [0.5, 0.6) is 5.75 Å². The topological polar surface area (TPSA) is 75.9 Å². The SMILES string of the molecule is O=C(COc1ccc(F)cc1Cl)N1CCN(c2ccc(Cl)cc2[N+](=O)[O-])CC1. The number of hydrogen-bond acceptors (Lipinski definition) is 5. The van der Waals surface area contributed by atoms with Gasteiger partial charge in [-0.2, -0.15) is 0 Å². The van der Waals surface area contributed by atoms with Crippen molar-refractivity contribution in [2.75, 3.05) is 37.7 Å². The van der Waals surface area contributed by atoms with E-state index in [2.05, 4.69) is 0 Å². The van der Waals surface area contributed by atoms with Gasteiger partial charge in [-0.05, 0) is 30.3 Å². The van der Waals surface area contributed by atoms with E-state index in [1.54, 1.807) is 17.0 Å². The van der Waals surface area contributed by atoms with Crippen molar-refractivity contribution in [1.82, 2.24) is 4.90 Å². The number of anilines is 1. The van der Waals surface area contributed by atoms with Crippen molar-refractivity contribution in [3.05, 3.63) is 62.4 Å². The van der Waals surface area contributed by atoms with Gasteiger partial charge in [0.05, 0.1) is 9.95 Å². The van der Waals surface area contributed by atoms with Crippen LogP contribution in [0.3, 0.4) is 0 Å². The zero-order valence-corrected chi connectivity index (χ0v) is 16.1. The highest BCUT2D eigenvalue weighted by molar-refractivity contribution is 6.32. The van der Waals surface area contributed by atoms with E-state index in [9.17, 15) is 19.3 Å². The maximum atomic E-state index is 13.0. The van der Waals surface area contributed by atoms with Gasteiger partial charge in [-0.3, -0.25) is 14.9 Å². The summed E-state index contributed by atoms with van der Waals surface area (Å²) in [6, 6.07) is 8.19. The summed E-state index contributed by atoms with van der Waals surface area (Å²) in [6.07, 6.45) is 0. The minimum Gasteiger partial charge on any atom is -0.482 e. The van der Waals surface area contributed by atoms with Crippen LogP contribution in [0.4, 0.5) is 15.8 Å². The highest BCUT2D eigenvalue weighted by atomic mass is 35.5. The second kappa shape index (κ2) is 8.62. The van der Waals surface area contributed by atoms with E-state index in [0.29, 0.717) is 36.9 Å². The van der Waals surface area contributed by atoms with Gasteiger partial charge in [0.1, 0.15) is 17.3 Å². The molecular formula is C18H16Cl2FN3O4. The normalized spacial score (nSPS) is 14.1. The Labute approximate surface area is 170 Å². The molecule has 0 N–H and O–H groups in total. The number of nitrogens with zero attached hydrogens (tertiary/aromatic N) is 3. The van der Waals surface area contributed by atoms with E-state index in [1.165, 1.54) is 18.2 Å². The predicted molar refractivity (Wildman–Crippen MR) is 104 cm³/mol. The Bertz CT molecular complexity index is 904. The molecule has 0 atom stereocenters. The summed E-state index contributed by atoms with van der Waals surface area (Å²) in [6.45, 7) is 1.42. The van der Waals surface area contributed by atoms with Crippen molar-refractivity contribution in [3.63, 3.8) is 0 Å². The number of nitro groups is 1. The molecule has 0 unspecified atom stereocenters. The molecule has 0 bridgehead atoms. The molecule has 1 amide bonds. The Morgan fingerprint density at radius 3 is 2.50 bits per heavy atom. The minimum absolute atomic E-state index is 0.0680. The van der Waals surface area contributed by atoms with Crippen LogP contribution >= 0.6 is 23.2 Å². The summed E-state index contributed by atoms with van der Waals surface area (Å²) in [7, 11) is 0. The van der Waals surface area contributed by atoms with Crippen LogP contribution in [-0.2, 0) is 4.79 Å². The Morgan fingerprint density at radius 2 is 1.86 bits per heavy atom. The molecule has 0 aliphatic carbocycles. The first-order valence-electron chi connectivity index (χ1n) is 8.39. The number of rotatable bonds is 5. The summed E-state index contributed by atoms with van der Waals surface area (Å²) in [4.78, 5) is 26.6. The third-order valence-electron chi connectivity index (χ3n) is 4.35. The van der Waals surface area contributed by atoms with E-state index in [-0.39, 0.29) is 29.0 Å². The molecule has 7 nitrogen and oxygen atoms in total. The minimum atomic E-state index is -0.490. The molecule has 3 rings (SSSR count). The molecule has 0 spiro atoms. The van der Waals surface area contributed by atoms with E-state index < -0.39 is 10.7 Å². The third kappa shape index (κ3) is 4.63. The van der Waals surface area contributed by atoms with Crippen LogP contribution in [0.25, 0.3) is 0 Å². The van der Waals surface area contributed by atoms with E-state index in [1.807, 2.05) is 4.90 Å². The monoisotopic (exact) mass is 427 g/mol. The maximum absolute atomic E-state index is 13.0. The zero-order valence-electron chi connectivity index (χ0n) is 14.6. The molecule has 1 fully saturated rings. The molecule has 0 aromatic heterocycles. The quantitative estimate of drug-likeness (QED) is 0.536. The fourth-order valence-electron chi connectivity index (χ4n) is 2.93. The smallest absolute Gasteiger partial charge is 0.294 e. The maximum Gasteiger partial charge on any atom is 0.294 e. The van der Waals surface area contributed by atoms with Crippen molar-refractivity contribution in [2.45, 2.75) is 0 Å². The number of carbonyl (C=O) groups excluding carboxylic acids is 1. The average Bonchev–Trinajstić information content (AvgIpc) is 2.67. The van der Waals surface area contributed by atoms with Gasteiger partial charge in [-0.1, -0.05) is 23.2 Å². The van der Waals surface area contributed by atoms with Crippen LogP contribution in [0, 0.1) is 15.9 Å². The highest BCUT2D eigenvalue weighted by Gasteiger charge is 2.26. The third-order valence-corrected chi connectivity index (χ3v) is 4.88. The lowest BCUT2D eigenvalue weighted by molar-refractivity contribution is -0.384. The Kier molecular flexibility index (Phi) is 6.21. The second-order valence-electron chi connectivity index (χ2n) is 6.12. The summed E-state index contributed by atoms with van der Waals surface area (Å²) in [5.41, 5.74) is 0.400. The molecule has 28 heavy (non-hydrogen) atoms. The van der Waals surface area contributed by atoms with Gasteiger partial charge in [-0.15, -0.1) is 0 Å². The van der Waals surface area contributed by atoms with Crippen LogP contribution < -0.4 is 9.64 Å². The lowest BCUT2D eigenvalue weighted by Gasteiger charge is -2.35. The number of halogens is 3. The van der Waals surface area contributed by atoms with Crippen molar-refractivity contribution >= 4 is 40.5 Å². The van der Waals surface area contributed by atoms with Gasteiger partial charge >= 0.3 is 0 Å². The summed E-state index contributed by atoms with van der Waals surface area (Å²) >= 11 is 11.7. The lowest BCUT2D eigenvalue weighted by atomic mass is 10.2. The van der Waals surface area contributed by atoms with Gasteiger partial charge in [0, 0.05) is 37.3 Å². The Hall–Kier alpha value is -2.58. The number of nitro benzene ring substituents is 1. The molecule has 0 saturated carbocycles. The van der Waals surface area contributed by atoms with Gasteiger partial charge in [0.2, 0.25) is 0 Å². The van der Waals surface area contributed by atoms with Crippen molar-refractivity contribution in [3.8, 4) is 5.75 Å². The fourth-order valence-corrected chi connectivity index (χ4v) is 3.32. The first-order chi connectivity index (χ1) is 13.3. The van der Waals surface area contributed by atoms with Crippen molar-refractivity contribution in [1.29, 1.82) is 0 Å². The molecule has 1 aliphatic rings. The molecule has 2 aromatic carbocycles. The van der Waals surface area contributed by atoms with Crippen LogP contribution in [0.15, 0.2) is 36.4 Å². The average molecular weight is 428 g/mol. The largest absolute Gasteiger partial charge is 0.482 e. The molecule has 10 heteroatoms. The van der Waals surface area contributed by atoms with Crippen LogP contribution in [0.1, 0.15) is 0 Å². The first-order valence-corrected chi connectivity index (χ1v) is 9.15. The zero-order chi connectivity index (χ0) is 20.3. The first kappa shape index (κ1) is 20.2. The van der Waals surface area contributed by atoms with E-state index >= 15 is 0 Å². The number of amides is 1. The van der Waals surface area contributed by atoms with Crippen molar-refractivity contribution < 1.29 is 18.8 Å². The molecule has 1 saturated heterocycles. The molecule has 1 heterocycles. The van der Waals surface area contributed by atoms with Gasteiger partial charge in [-0.25, -0.2) is 4.39 Å². The summed E-state index contributed by atoms with van der Waals surface area (Å²) < 4.78 is 18.4. The molecule has 148 valence electrons. The van der Waals surface area contributed by atoms with Crippen LogP contribution in [0.2, 0.25) is 10.0 Å². The number of ether oxygens (including phenoxy) is 1. The highest BCUT2D eigenvalue weighted by Crippen LogP contribution is 2.31. The summed E-state index contributed by atoms with van der Waals surface area (Å²) in [5.74, 6) is -0.506. The van der Waals surface area contributed by atoms with Crippen molar-refractivity contribution in [2.24, 2.45) is 0 Å². The Morgan fingerprint density at radius 1 is 1.14 bits per heavy atom. The Balaban J connectivity index is 1.58. The lowest BCUT2D eigenvalue weighted by Crippen LogP contribution is -2.50. The number of benzene rings is 2. The number of piperazine rings is 1. The molecular weight excluding hydrogens is 412 g/mol. The molecule has 0 radical (unpaired) electrons. The standard InChI is InChI=1S/C18H16Cl2FN3O4/c19-12-1-3-15(16(9-12)24(26)27)22-5-7-23(8-6-22)18(25)11-28-17-4-2-13(21)10-14(17)20/h1-4,9-10H,5-8,11H2. The second-order valence-corrected chi connectivity index (χ2v) is 6.97. The fraction of sp³-hybridized carbons (Fsp3) is 0.278. The summed E-state index contributed by atoms with van der Waals surface area (Å²) in [5, 5.41) is 11.6. The van der Waals surface area contributed by atoms with Crippen LogP contribution in [-0.4, -0.2) is 48.5 Å². The number of hydrogen-bond donors (Lipinski definition) is 0. The van der Waals surface area contributed by atoms with Gasteiger partial charge in [0.15, 0.2) is 6.61 Å². The molecule has 1 aliphatic heterocycles. The van der Waals surface area contributed by atoms with Gasteiger partial charge in [0.25, 0.3) is 11.6 Å². The number of carbonyl (C=O) groups is 1.